The Morgan fingerprint density at radius 1 is 1.27 bits per heavy atom. The van der Waals surface area contributed by atoms with Gasteiger partial charge in [-0.2, -0.15) is 0 Å². The molecule has 0 aliphatic rings. The van der Waals surface area contributed by atoms with E-state index in [0.717, 1.165) is 11.3 Å². The Kier molecular flexibility index (Phi) is 6.03. The maximum Gasteiger partial charge on any atom is 0.315 e. The number of nitrogens with zero attached hydrogens (tertiary/aromatic N) is 1. The number of hydrogen-bond acceptors (Lipinski definition) is 3. The predicted molar refractivity (Wildman–Crippen MR) is 86.2 cm³/mol. The van der Waals surface area contributed by atoms with E-state index in [4.69, 9.17) is 16.3 Å². The number of carbonyl (C=O) groups excluding carboxylic acids is 1. The second kappa shape index (κ2) is 8.24. The van der Waals surface area contributed by atoms with Gasteiger partial charge in [-0.3, -0.25) is 4.98 Å². The lowest BCUT2D eigenvalue weighted by Gasteiger charge is -2.10. The van der Waals surface area contributed by atoms with E-state index in [0.29, 0.717) is 30.5 Å². The quantitative estimate of drug-likeness (QED) is 0.805. The number of carbonyl (C=O) groups is 1. The smallest absolute Gasteiger partial charge is 0.315 e. The van der Waals surface area contributed by atoms with E-state index in [1.807, 2.05) is 37.3 Å². The number of ether oxygens (including phenoxy) is 1. The second-order valence-corrected chi connectivity index (χ2v) is 5.12. The van der Waals surface area contributed by atoms with Gasteiger partial charge in [-0.15, -0.1) is 0 Å². The van der Waals surface area contributed by atoms with Crippen LogP contribution < -0.4 is 15.4 Å². The first-order valence-corrected chi connectivity index (χ1v) is 7.33. The maximum absolute atomic E-state index is 11.6. The van der Waals surface area contributed by atoms with Crippen molar-refractivity contribution in [2.24, 2.45) is 0 Å². The number of nitrogens with one attached hydrogen (secondary N) is 2. The number of benzene rings is 1. The Morgan fingerprint density at radius 3 is 2.91 bits per heavy atom. The first-order chi connectivity index (χ1) is 10.6. The summed E-state index contributed by atoms with van der Waals surface area (Å²) in [6.45, 7) is 3.09. The highest BCUT2D eigenvalue weighted by Crippen LogP contribution is 2.24. The number of rotatable bonds is 6. The highest BCUT2D eigenvalue weighted by Gasteiger charge is 2.03. The van der Waals surface area contributed by atoms with Crippen LogP contribution >= 0.6 is 11.6 Å². The van der Waals surface area contributed by atoms with Crippen LogP contribution in [-0.4, -0.2) is 24.2 Å². The van der Waals surface area contributed by atoms with E-state index in [-0.39, 0.29) is 6.03 Å². The van der Waals surface area contributed by atoms with Gasteiger partial charge in [0.2, 0.25) is 0 Å². The number of amides is 2. The highest BCUT2D eigenvalue weighted by molar-refractivity contribution is 6.32. The summed E-state index contributed by atoms with van der Waals surface area (Å²) in [4.78, 5) is 15.7. The summed E-state index contributed by atoms with van der Waals surface area (Å²) in [7, 11) is 0. The average molecular weight is 320 g/mol. The summed E-state index contributed by atoms with van der Waals surface area (Å²) >= 11 is 6.02. The van der Waals surface area contributed by atoms with Crippen LogP contribution in [0.3, 0.4) is 0 Å². The minimum atomic E-state index is -0.260. The topological polar surface area (TPSA) is 63.2 Å². The van der Waals surface area contributed by atoms with Gasteiger partial charge in [0.25, 0.3) is 0 Å². The van der Waals surface area contributed by atoms with Crippen LogP contribution in [0.4, 0.5) is 4.79 Å². The molecule has 0 unspecified atom stereocenters. The molecule has 0 saturated carbocycles. The molecule has 22 heavy (non-hydrogen) atoms. The van der Waals surface area contributed by atoms with E-state index in [1.54, 1.807) is 12.3 Å². The van der Waals surface area contributed by atoms with Gasteiger partial charge in [0, 0.05) is 6.20 Å². The SMILES string of the molecule is Cc1ccc(Cl)c(OCCNC(=O)NCc2ccccn2)c1. The molecule has 2 aromatic rings. The first kappa shape index (κ1) is 16.1. The molecular weight excluding hydrogens is 302 g/mol. The van der Waals surface area contributed by atoms with Crippen molar-refractivity contribution < 1.29 is 9.53 Å². The molecule has 1 heterocycles. The molecule has 0 bridgehead atoms. The lowest BCUT2D eigenvalue weighted by atomic mass is 10.2. The molecule has 0 aliphatic heterocycles. The molecule has 2 N–H and O–H groups in total. The van der Waals surface area contributed by atoms with Gasteiger partial charge in [-0.25, -0.2) is 4.79 Å². The first-order valence-electron chi connectivity index (χ1n) is 6.96. The number of pyridine rings is 1. The molecule has 0 saturated heterocycles. The predicted octanol–water partition coefficient (Wildman–Crippen LogP) is 2.92. The molecule has 0 radical (unpaired) electrons. The lowest BCUT2D eigenvalue weighted by molar-refractivity contribution is 0.236. The maximum atomic E-state index is 11.6. The van der Waals surface area contributed by atoms with Crippen molar-refractivity contribution >= 4 is 17.6 Å². The fourth-order valence-electron chi connectivity index (χ4n) is 1.78. The minimum Gasteiger partial charge on any atom is -0.490 e. The fourth-order valence-corrected chi connectivity index (χ4v) is 1.95. The average Bonchev–Trinajstić information content (AvgIpc) is 2.53. The minimum absolute atomic E-state index is 0.260. The number of urea groups is 1. The normalized spacial score (nSPS) is 10.1. The van der Waals surface area contributed by atoms with Gasteiger partial charge in [0.1, 0.15) is 12.4 Å². The van der Waals surface area contributed by atoms with Gasteiger partial charge in [-0.1, -0.05) is 23.7 Å². The highest BCUT2D eigenvalue weighted by atomic mass is 35.5. The van der Waals surface area contributed by atoms with Crippen LogP contribution in [0, 0.1) is 6.92 Å². The zero-order chi connectivity index (χ0) is 15.8. The summed E-state index contributed by atoms with van der Waals surface area (Å²) in [5.74, 6) is 0.623. The third-order valence-electron chi connectivity index (χ3n) is 2.89. The molecular formula is C16H18ClN3O2. The molecule has 1 aromatic heterocycles. The van der Waals surface area contributed by atoms with Crippen LogP contribution in [0.2, 0.25) is 5.02 Å². The molecule has 0 aliphatic carbocycles. The Bertz CT molecular complexity index is 620. The van der Waals surface area contributed by atoms with Crippen molar-refractivity contribution in [3.05, 3.63) is 58.9 Å². The van der Waals surface area contributed by atoms with Gasteiger partial charge in [0.15, 0.2) is 0 Å². The van der Waals surface area contributed by atoms with Crippen LogP contribution in [0.25, 0.3) is 0 Å². The largest absolute Gasteiger partial charge is 0.490 e. The van der Waals surface area contributed by atoms with Crippen molar-refractivity contribution in [1.29, 1.82) is 0 Å². The summed E-state index contributed by atoms with van der Waals surface area (Å²) in [6, 6.07) is 10.9. The van der Waals surface area contributed by atoms with Gasteiger partial charge >= 0.3 is 6.03 Å². The molecule has 6 heteroatoms. The zero-order valence-corrected chi connectivity index (χ0v) is 13.1. The van der Waals surface area contributed by atoms with E-state index >= 15 is 0 Å². The van der Waals surface area contributed by atoms with Crippen LogP contribution in [0.15, 0.2) is 42.6 Å². The molecule has 0 atom stereocenters. The van der Waals surface area contributed by atoms with Crippen molar-refractivity contribution in [2.45, 2.75) is 13.5 Å². The van der Waals surface area contributed by atoms with Crippen LogP contribution in [0.1, 0.15) is 11.3 Å². The van der Waals surface area contributed by atoms with E-state index in [1.165, 1.54) is 0 Å². The van der Waals surface area contributed by atoms with Crippen molar-refractivity contribution in [3.8, 4) is 5.75 Å². The molecule has 2 amide bonds. The molecule has 0 spiro atoms. The Balaban J connectivity index is 1.66. The number of aromatic nitrogens is 1. The lowest BCUT2D eigenvalue weighted by Crippen LogP contribution is -2.37. The Hall–Kier alpha value is -2.27. The molecule has 116 valence electrons. The summed E-state index contributed by atoms with van der Waals surface area (Å²) in [5, 5.41) is 6.00. The Morgan fingerprint density at radius 2 is 2.14 bits per heavy atom. The zero-order valence-electron chi connectivity index (χ0n) is 12.3. The van der Waals surface area contributed by atoms with E-state index < -0.39 is 0 Å². The third kappa shape index (κ3) is 5.26. The standard InChI is InChI=1S/C16H18ClN3O2/c1-12-5-6-14(17)15(10-12)22-9-8-19-16(21)20-11-13-4-2-3-7-18-13/h2-7,10H,8-9,11H2,1H3,(H2,19,20,21). The summed E-state index contributed by atoms with van der Waals surface area (Å²) < 4.78 is 5.54. The van der Waals surface area contributed by atoms with E-state index in [9.17, 15) is 4.79 Å². The number of hydrogen-bond donors (Lipinski definition) is 2. The number of halogens is 1. The monoisotopic (exact) mass is 319 g/mol. The second-order valence-electron chi connectivity index (χ2n) is 4.71. The van der Waals surface area contributed by atoms with Crippen LogP contribution in [0.5, 0.6) is 5.75 Å². The summed E-state index contributed by atoms with van der Waals surface area (Å²) in [5.41, 5.74) is 1.88. The third-order valence-corrected chi connectivity index (χ3v) is 3.20. The van der Waals surface area contributed by atoms with Gasteiger partial charge in [-0.05, 0) is 36.8 Å². The van der Waals surface area contributed by atoms with Gasteiger partial charge in [0.05, 0.1) is 23.8 Å². The van der Waals surface area contributed by atoms with Crippen molar-refractivity contribution in [1.82, 2.24) is 15.6 Å². The molecule has 2 rings (SSSR count). The molecule has 0 fully saturated rings. The summed E-state index contributed by atoms with van der Waals surface area (Å²) in [6.07, 6.45) is 1.69. The van der Waals surface area contributed by atoms with E-state index in [2.05, 4.69) is 15.6 Å². The Labute approximate surface area is 134 Å². The molecule has 5 nitrogen and oxygen atoms in total. The van der Waals surface area contributed by atoms with Crippen molar-refractivity contribution in [2.75, 3.05) is 13.2 Å². The number of aryl methyl sites for hydroxylation is 1. The van der Waals surface area contributed by atoms with Gasteiger partial charge < -0.3 is 15.4 Å². The molecule has 1 aromatic carbocycles. The van der Waals surface area contributed by atoms with Crippen LogP contribution in [-0.2, 0) is 6.54 Å². The van der Waals surface area contributed by atoms with Crippen molar-refractivity contribution in [3.63, 3.8) is 0 Å². The fraction of sp³-hybridized carbons (Fsp3) is 0.250.